The topological polar surface area (TPSA) is 49.8 Å². The molecule has 10 heteroatoms. The van der Waals surface area contributed by atoms with Crippen molar-refractivity contribution < 1.29 is 17.9 Å². The normalized spacial score (nSPS) is 11.7. The first-order valence-corrected chi connectivity index (χ1v) is 8.76. The number of halogens is 4. The highest BCUT2D eigenvalue weighted by atomic mass is 127. The first kappa shape index (κ1) is 23.5. The second-order valence-corrected chi connectivity index (χ2v) is 6.69. The van der Waals surface area contributed by atoms with Gasteiger partial charge in [-0.15, -0.1) is 35.3 Å². The summed E-state index contributed by atoms with van der Waals surface area (Å²) in [6.45, 7) is 1.50. The molecule has 0 atom stereocenters. The molecule has 2 aromatic rings. The van der Waals surface area contributed by atoms with E-state index in [0.717, 1.165) is 10.7 Å². The first-order valence-electron chi connectivity index (χ1n) is 7.88. The fourth-order valence-corrected chi connectivity index (χ4v) is 2.91. The van der Waals surface area contributed by atoms with Crippen molar-refractivity contribution in [3.8, 4) is 5.75 Å². The zero-order chi connectivity index (χ0) is 19.2. The van der Waals surface area contributed by atoms with Gasteiger partial charge in [0.2, 0.25) is 0 Å². The van der Waals surface area contributed by atoms with Gasteiger partial charge in [-0.05, 0) is 13.0 Å². The van der Waals surface area contributed by atoms with Crippen LogP contribution in [-0.2, 0) is 13.1 Å². The lowest BCUT2D eigenvalue weighted by Crippen LogP contribution is -2.38. The van der Waals surface area contributed by atoms with Gasteiger partial charge >= 0.3 is 6.18 Å². The molecule has 0 fully saturated rings. The molecule has 0 unspecified atom stereocenters. The van der Waals surface area contributed by atoms with Gasteiger partial charge in [0.15, 0.2) is 12.6 Å². The van der Waals surface area contributed by atoms with Crippen LogP contribution in [0.1, 0.15) is 16.3 Å². The average molecular weight is 514 g/mol. The molecule has 0 radical (unpaired) electrons. The van der Waals surface area contributed by atoms with Gasteiger partial charge in [-0.2, -0.15) is 13.2 Å². The van der Waals surface area contributed by atoms with E-state index in [2.05, 4.69) is 15.3 Å². The van der Waals surface area contributed by atoms with Crippen molar-refractivity contribution in [1.82, 2.24) is 15.2 Å². The van der Waals surface area contributed by atoms with E-state index < -0.39 is 12.8 Å². The van der Waals surface area contributed by atoms with Crippen molar-refractivity contribution in [1.29, 1.82) is 0 Å². The number of rotatable bonds is 6. The fraction of sp³-hybridized carbons (Fsp3) is 0.412. The highest BCUT2D eigenvalue weighted by molar-refractivity contribution is 14.0. The van der Waals surface area contributed by atoms with Crippen LogP contribution in [0.3, 0.4) is 0 Å². The first-order chi connectivity index (χ1) is 12.3. The molecule has 0 saturated heterocycles. The maximum atomic E-state index is 12.4. The van der Waals surface area contributed by atoms with Crippen molar-refractivity contribution in [3.63, 3.8) is 0 Å². The zero-order valence-electron chi connectivity index (χ0n) is 15.2. The molecule has 1 N–H and O–H groups in total. The lowest BCUT2D eigenvalue weighted by Gasteiger charge is -2.22. The molecular weight excluding hydrogens is 492 g/mol. The zero-order valence-corrected chi connectivity index (χ0v) is 18.4. The number of aryl methyl sites for hydroxylation is 1. The summed E-state index contributed by atoms with van der Waals surface area (Å²) < 4.78 is 42.1. The van der Waals surface area contributed by atoms with Crippen LogP contribution >= 0.6 is 35.3 Å². The third kappa shape index (κ3) is 7.91. The van der Waals surface area contributed by atoms with Crippen molar-refractivity contribution >= 4 is 41.3 Å². The minimum absolute atomic E-state index is 0. The van der Waals surface area contributed by atoms with Crippen molar-refractivity contribution in [2.24, 2.45) is 4.99 Å². The van der Waals surface area contributed by atoms with E-state index in [4.69, 9.17) is 4.74 Å². The molecule has 0 aliphatic rings. The molecule has 1 aromatic carbocycles. The minimum atomic E-state index is -4.37. The van der Waals surface area contributed by atoms with E-state index in [1.54, 1.807) is 36.6 Å². The molecule has 0 saturated carbocycles. The van der Waals surface area contributed by atoms with Crippen LogP contribution in [0.15, 0.2) is 34.6 Å². The molecule has 0 aliphatic carbocycles. The number of benzene rings is 1. The van der Waals surface area contributed by atoms with Gasteiger partial charge in [0, 0.05) is 31.6 Å². The Morgan fingerprint density at radius 2 is 2.04 bits per heavy atom. The average Bonchev–Trinajstić information content (AvgIpc) is 2.98. The lowest BCUT2D eigenvalue weighted by molar-refractivity contribution is -0.153. The molecular formula is C17H22F3IN4OS. The number of thiazole rings is 1. The number of nitrogens with one attached hydrogen (secondary N) is 1. The van der Waals surface area contributed by atoms with E-state index in [-0.39, 0.29) is 29.7 Å². The van der Waals surface area contributed by atoms with E-state index in [9.17, 15) is 13.2 Å². The van der Waals surface area contributed by atoms with E-state index in [0.29, 0.717) is 24.6 Å². The second-order valence-electron chi connectivity index (χ2n) is 5.63. The van der Waals surface area contributed by atoms with Crippen LogP contribution < -0.4 is 10.1 Å². The molecule has 150 valence electrons. The van der Waals surface area contributed by atoms with Gasteiger partial charge in [0.05, 0.1) is 17.2 Å². The highest BCUT2D eigenvalue weighted by Crippen LogP contribution is 2.22. The fourth-order valence-electron chi connectivity index (χ4n) is 2.31. The highest BCUT2D eigenvalue weighted by Gasteiger charge is 2.28. The summed E-state index contributed by atoms with van der Waals surface area (Å²) in [5.74, 6) is 0.812. The minimum Gasteiger partial charge on any atom is -0.484 e. The lowest BCUT2D eigenvalue weighted by atomic mass is 10.2. The summed E-state index contributed by atoms with van der Waals surface area (Å²) in [4.78, 5) is 10.5. The molecule has 2 rings (SSSR count). The van der Waals surface area contributed by atoms with Crippen LogP contribution in [0.2, 0.25) is 0 Å². The summed E-state index contributed by atoms with van der Waals surface area (Å²) in [7, 11) is 3.52. The van der Waals surface area contributed by atoms with Crippen molar-refractivity contribution in [2.45, 2.75) is 26.2 Å². The number of alkyl halides is 3. The summed E-state index contributed by atoms with van der Waals surface area (Å²) in [5.41, 5.74) is 1.56. The molecule has 5 nitrogen and oxygen atoms in total. The SMILES string of the molecule is CN=C(NCc1ccccc1OCC(F)(F)F)N(C)Cc1csc(C)n1.I. The number of hydrogen-bond donors (Lipinski definition) is 1. The predicted molar refractivity (Wildman–Crippen MR) is 112 cm³/mol. The second kappa shape index (κ2) is 10.7. The molecule has 0 bridgehead atoms. The molecule has 0 aliphatic heterocycles. The van der Waals surface area contributed by atoms with Crippen molar-refractivity contribution in [2.75, 3.05) is 20.7 Å². The number of ether oxygens (including phenoxy) is 1. The largest absolute Gasteiger partial charge is 0.484 e. The predicted octanol–water partition coefficient (Wildman–Crippen LogP) is 4.22. The Morgan fingerprint density at radius 1 is 1.33 bits per heavy atom. The molecule has 0 amide bonds. The van der Waals surface area contributed by atoms with E-state index >= 15 is 0 Å². The Bertz CT molecular complexity index is 752. The number of nitrogens with zero attached hydrogens (tertiary/aromatic N) is 3. The van der Waals surface area contributed by atoms with Crippen LogP contribution in [0, 0.1) is 6.92 Å². The van der Waals surface area contributed by atoms with Crippen LogP contribution in [-0.4, -0.2) is 42.7 Å². The quantitative estimate of drug-likeness (QED) is 0.357. The smallest absolute Gasteiger partial charge is 0.422 e. The van der Waals surface area contributed by atoms with Crippen molar-refractivity contribution in [3.05, 3.63) is 45.9 Å². The van der Waals surface area contributed by atoms with Gasteiger partial charge in [-0.1, -0.05) is 18.2 Å². The Hall–Kier alpha value is -1.56. The van der Waals surface area contributed by atoms with Crippen LogP contribution in [0.25, 0.3) is 0 Å². The van der Waals surface area contributed by atoms with Gasteiger partial charge in [0.25, 0.3) is 0 Å². The van der Waals surface area contributed by atoms with Gasteiger partial charge in [0.1, 0.15) is 5.75 Å². The Kier molecular flexibility index (Phi) is 9.30. The van der Waals surface area contributed by atoms with Gasteiger partial charge < -0.3 is 15.0 Å². The summed E-state index contributed by atoms with van der Waals surface area (Å²) >= 11 is 1.58. The molecule has 1 heterocycles. The molecule has 1 aromatic heterocycles. The Morgan fingerprint density at radius 3 is 2.63 bits per heavy atom. The van der Waals surface area contributed by atoms with Crippen LogP contribution in [0.4, 0.5) is 13.2 Å². The summed E-state index contributed by atoms with van der Waals surface area (Å²) in [6, 6.07) is 6.63. The maximum absolute atomic E-state index is 12.4. The van der Waals surface area contributed by atoms with Gasteiger partial charge in [-0.25, -0.2) is 4.98 Å². The number of guanidine groups is 1. The number of para-hydroxylation sites is 1. The Balaban J connectivity index is 0.00000364. The van der Waals surface area contributed by atoms with E-state index in [1.807, 2.05) is 24.3 Å². The third-order valence-electron chi connectivity index (χ3n) is 3.44. The Labute approximate surface area is 177 Å². The third-order valence-corrected chi connectivity index (χ3v) is 4.26. The number of aromatic nitrogens is 1. The number of aliphatic imine (C=N–C) groups is 1. The molecule has 27 heavy (non-hydrogen) atoms. The number of hydrogen-bond acceptors (Lipinski definition) is 4. The monoisotopic (exact) mass is 514 g/mol. The molecule has 0 spiro atoms. The summed E-state index contributed by atoms with van der Waals surface area (Å²) in [6.07, 6.45) is -4.37. The summed E-state index contributed by atoms with van der Waals surface area (Å²) in [5, 5.41) is 6.12. The van der Waals surface area contributed by atoms with Gasteiger partial charge in [-0.3, -0.25) is 4.99 Å². The van der Waals surface area contributed by atoms with Crippen LogP contribution in [0.5, 0.6) is 5.75 Å². The standard InChI is InChI=1S/C17H21F3N4OS.HI/c1-12-23-14(10-26-12)9-24(3)16(21-2)22-8-13-6-4-5-7-15(13)25-11-17(18,19)20;/h4-7,10H,8-9,11H2,1-3H3,(H,21,22);1H. The maximum Gasteiger partial charge on any atom is 0.422 e. The van der Waals surface area contributed by atoms with E-state index in [1.165, 1.54) is 6.07 Å².